The number of hydrogen-bond acceptors (Lipinski definition) is 2. The van der Waals surface area contributed by atoms with E-state index in [0.29, 0.717) is 6.04 Å². The fourth-order valence-electron chi connectivity index (χ4n) is 2.09. The van der Waals surface area contributed by atoms with Crippen LogP contribution in [0.4, 0.5) is 0 Å². The van der Waals surface area contributed by atoms with Gasteiger partial charge in [-0.25, -0.2) is 0 Å². The molecular formula is C12H25N3. The molecular weight excluding hydrogens is 186 g/mol. The Morgan fingerprint density at radius 2 is 1.80 bits per heavy atom. The number of hydrogen-bond donors (Lipinski definition) is 1. The molecule has 0 aliphatic carbocycles. The monoisotopic (exact) mass is 211 g/mol. The average molecular weight is 211 g/mol. The minimum absolute atomic E-state index is 0.701. The SMILES string of the molecule is CCCC(=N)N1CCN(C(C)CC)CC1. The Morgan fingerprint density at radius 1 is 1.20 bits per heavy atom. The molecule has 1 heterocycles. The summed E-state index contributed by atoms with van der Waals surface area (Å²) < 4.78 is 0. The van der Waals surface area contributed by atoms with E-state index >= 15 is 0 Å². The minimum Gasteiger partial charge on any atom is -0.358 e. The maximum Gasteiger partial charge on any atom is 0.0958 e. The van der Waals surface area contributed by atoms with Gasteiger partial charge in [-0.3, -0.25) is 10.3 Å². The number of nitrogens with one attached hydrogen (secondary N) is 1. The quantitative estimate of drug-likeness (QED) is 0.570. The lowest BCUT2D eigenvalue weighted by Gasteiger charge is -2.38. The van der Waals surface area contributed by atoms with Gasteiger partial charge in [-0.05, 0) is 19.8 Å². The zero-order valence-corrected chi connectivity index (χ0v) is 10.4. The zero-order chi connectivity index (χ0) is 11.3. The van der Waals surface area contributed by atoms with Gasteiger partial charge in [0.25, 0.3) is 0 Å². The molecule has 1 N–H and O–H groups in total. The molecule has 15 heavy (non-hydrogen) atoms. The van der Waals surface area contributed by atoms with Gasteiger partial charge in [-0.15, -0.1) is 0 Å². The van der Waals surface area contributed by atoms with Crippen molar-refractivity contribution in [3.8, 4) is 0 Å². The van der Waals surface area contributed by atoms with Crippen molar-refractivity contribution < 1.29 is 0 Å². The molecule has 0 amide bonds. The van der Waals surface area contributed by atoms with Gasteiger partial charge < -0.3 is 4.90 Å². The standard InChI is InChI=1S/C12H25N3/c1-4-6-12(13)15-9-7-14(8-10-15)11(3)5-2/h11,13H,4-10H2,1-3H3. The van der Waals surface area contributed by atoms with Crippen LogP contribution < -0.4 is 0 Å². The third kappa shape index (κ3) is 3.49. The van der Waals surface area contributed by atoms with E-state index in [9.17, 15) is 0 Å². The Morgan fingerprint density at radius 3 is 2.27 bits per heavy atom. The van der Waals surface area contributed by atoms with Crippen LogP contribution in [0.3, 0.4) is 0 Å². The van der Waals surface area contributed by atoms with E-state index in [-0.39, 0.29) is 0 Å². The highest BCUT2D eigenvalue weighted by Crippen LogP contribution is 2.10. The van der Waals surface area contributed by atoms with Crippen molar-refractivity contribution in [1.29, 1.82) is 5.41 Å². The summed E-state index contributed by atoms with van der Waals surface area (Å²) in [6.07, 6.45) is 3.25. The van der Waals surface area contributed by atoms with Crippen molar-refractivity contribution in [3.05, 3.63) is 0 Å². The van der Waals surface area contributed by atoms with Gasteiger partial charge in [0.1, 0.15) is 0 Å². The first-order valence-electron chi connectivity index (χ1n) is 6.25. The highest BCUT2D eigenvalue weighted by atomic mass is 15.3. The molecule has 0 aromatic rings. The molecule has 0 aromatic carbocycles. The van der Waals surface area contributed by atoms with Crippen molar-refractivity contribution in [3.63, 3.8) is 0 Å². The van der Waals surface area contributed by atoms with Crippen LogP contribution >= 0.6 is 0 Å². The molecule has 1 fully saturated rings. The molecule has 88 valence electrons. The smallest absolute Gasteiger partial charge is 0.0958 e. The van der Waals surface area contributed by atoms with Crippen molar-refractivity contribution in [2.75, 3.05) is 26.2 Å². The maximum atomic E-state index is 7.91. The molecule has 0 spiro atoms. The lowest BCUT2D eigenvalue weighted by Crippen LogP contribution is -2.51. The minimum atomic E-state index is 0.701. The van der Waals surface area contributed by atoms with Crippen molar-refractivity contribution >= 4 is 5.84 Å². The van der Waals surface area contributed by atoms with Crippen LogP contribution in [0.5, 0.6) is 0 Å². The fourth-order valence-corrected chi connectivity index (χ4v) is 2.09. The second kappa shape index (κ2) is 6.11. The summed E-state index contributed by atoms with van der Waals surface area (Å²) in [5.74, 6) is 0.835. The summed E-state index contributed by atoms with van der Waals surface area (Å²) in [5, 5.41) is 7.91. The lowest BCUT2D eigenvalue weighted by molar-refractivity contribution is 0.136. The molecule has 1 aliphatic rings. The number of amidine groups is 1. The molecule has 1 atom stereocenters. The first-order chi connectivity index (χ1) is 7.19. The lowest BCUT2D eigenvalue weighted by atomic mass is 10.2. The second-order valence-corrected chi connectivity index (χ2v) is 4.48. The third-order valence-electron chi connectivity index (χ3n) is 3.40. The Balaban J connectivity index is 2.32. The van der Waals surface area contributed by atoms with Crippen LogP contribution in [-0.2, 0) is 0 Å². The Labute approximate surface area is 94.0 Å². The van der Waals surface area contributed by atoms with Crippen molar-refractivity contribution in [2.45, 2.75) is 46.1 Å². The van der Waals surface area contributed by atoms with Crippen molar-refractivity contribution in [2.24, 2.45) is 0 Å². The molecule has 0 bridgehead atoms. The molecule has 3 heteroatoms. The second-order valence-electron chi connectivity index (χ2n) is 4.48. The van der Waals surface area contributed by atoms with Gasteiger partial charge in [0, 0.05) is 38.6 Å². The van der Waals surface area contributed by atoms with Crippen LogP contribution in [-0.4, -0.2) is 47.9 Å². The molecule has 1 aliphatic heterocycles. The molecule has 3 nitrogen and oxygen atoms in total. The highest BCUT2D eigenvalue weighted by molar-refractivity contribution is 5.79. The van der Waals surface area contributed by atoms with Crippen LogP contribution in [0.25, 0.3) is 0 Å². The van der Waals surface area contributed by atoms with E-state index in [1.165, 1.54) is 6.42 Å². The van der Waals surface area contributed by atoms with Gasteiger partial charge in [0.15, 0.2) is 0 Å². The summed E-state index contributed by atoms with van der Waals surface area (Å²) in [7, 11) is 0. The van der Waals surface area contributed by atoms with Crippen LogP contribution in [0, 0.1) is 5.41 Å². The summed E-state index contributed by atoms with van der Waals surface area (Å²) in [6, 6.07) is 0.701. The van der Waals surface area contributed by atoms with Gasteiger partial charge in [0.2, 0.25) is 0 Å². The van der Waals surface area contributed by atoms with Gasteiger partial charge in [-0.1, -0.05) is 13.8 Å². The topological polar surface area (TPSA) is 30.3 Å². The average Bonchev–Trinajstić information content (AvgIpc) is 2.28. The molecule has 1 rings (SSSR count). The van der Waals surface area contributed by atoms with Crippen molar-refractivity contribution in [1.82, 2.24) is 9.80 Å². The van der Waals surface area contributed by atoms with Crippen LogP contribution in [0.1, 0.15) is 40.0 Å². The largest absolute Gasteiger partial charge is 0.358 e. The summed E-state index contributed by atoms with van der Waals surface area (Å²) in [6.45, 7) is 11.0. The zero-order valence-electron chi connectivity index (χ0n) is 10.4. The number of nitrogens with zero attached hydrogens (tertiary/aromatic N) is 2. The molecule has 0 radical (unpaired) electrons. The maximum absolute atomic E-state index is 7.91. The van der Waals surface area contributed by atoms with E-state index in [4.69, 9.17) is 5.41 Å². The molecule has 0 saturated carbocycles. The molecule has 1 saturated heterocycles. The first kappa shape index (κ1) is 12.5. The Hall–Kier alpha value is -0.570. The van der Waals surface area contributed by atoms with E-state index in [1.54, 1.807) is 0 Å². The van der Waals surface area contributed by atoms with Gasteiger partial charge >= 0.3 is 0 Å². The third-order valence-corrected chi connectivity index (χ3v) is 3.40. The number of piperazine rings is 1. The predicted molar refractivity (Wildman–Crippen MR) is 65.5 cm³/mol. The van der Waals surface area contributed by atoms with E-state index < -0.39 is 0 Å². The van der Waals surface area contributed by atoms with Gasteiger partial charge in [-0.2, -0.15) is 0 Å². The number of rotatable bonds is 4. The first-order valence-corrected chi connectivity index (χ1v) is 6.25. The van der Waals surface area contributed by atoms with Crippen LogP contribution in [0.15, 0.2) is 0 Å². The van der Waals surface area contributed by atoms with E-state index in [2.05, 4.69) is 30.6 Å². The summed E-state index contributed by atoms with van der Waals surface area (Å²) >= 11 is 0. The highest BCUT2D eigenvalue weighted by Gasteiger charge is 2.20. The Bertz CT molecular complexity index is 195. The normalized spacial score (nSPS) is 20.3. The fraction of sp³-hybridized carbons (Fsp3) is 0.917. The van der Waals surface area contributed by atoms with E-state index in [1.807, 2.05) is 0 Å². The molecule has 1 unspecified atom stereocenters. The van der Waals surface area contributed by atoms with Gasteiger partial charge in [0.05, 0.1) is 5.84 Å². The van der Waals surface area contributed by atoms with E-state index in [0.717, 1.165) is 44.9 Å². The summed E-state index contributed by atoms with van der Waals surface area (Å²) in [4.78, 5) is 4.78. The summed E-state index contributed by atoms with van der Waals surface area (Å²) in [5.41, 5.74) is 0. The van der Waals surface area contributed by atoms with Crippen LogP contribution in [0.2, 0.25) is 0 Å². The Kier molecular flexibility index (Phi) is 5.09. The predicted octanol–water partition coefficient (Wildman–Crippen LogP) is 2.18. The molecule has 0 aromatic heterocycles.